The van der Waals surface area contributed by atoms with Crippen molar-refractivity contribution in [2.45, 2.75) is 13.0 Å². The van der Waals surface area contributed by atoms with Gasteiger partial charge in [0.25, 0.3) is 0 Å². The number of rotatable bonds is 2. The predicted octanol–water partition coefficient (Wildman–Crippen LogP) is 4.27. The lowest BCUT2D eigenvalue weighted by Gasteiger charge is -2.11. The van der Waals surface area contributed by atoms with Crippen molar-refractivity contribution in [1.29, 1.82) is 0 Å². The minimum Gasteiger partial charge on any atom is -0.324 e. The molecular weight excluding hydrogens is 281 g/mol. The molecule has 0 saturated heterocycles. The molecule has 0 aliphatic rings. The van der Waals surface area contributed by atoms with Gasteiger partial charge in [0.2, 0.25) is 0 Å². The van der Waals surface area contributed by atoms with Crippen LogP contribution in [0.5, 0.6) is 0 Å². The molecule has 2 aromatic carbocycles. The Morgan fingerprint density at radius 1 is 1.18 bits per heavy atom. The molecule has 0 aliphatic heterocycles. The molecular formula is C14H13BrFN. The molecule has 1 atom stereocenters. The zero-order valence-electron chi connectivity index (χ0n) is 9.45. The second kappa shape index (κ2) is 4.98. The molecule has 88 valence electrons. The number of nitrogens with two attached hydrogens (primary N) is 1. The van der Waals surface area contributed by atoms with Gasteiger partial charge in [0.05, 0.1) is 0 Å². The Balaban J connectivity index is 2.54. The average Bonchev–Trinajstić information content (AvgIpc) is 2.30. The Morgan fingerprint density at radius 3 is 2.53 bits per heavy atom. The number of hydrogen-bond acceptors (Lipinski definition) is 1. The van der Waals surface area contributed by atoms with Gasteiger partial charge in [-0.15, -0.1) is 0 Å². The maximum Gasteiger partial charge on any atom is 0.131 e. The summed E-state index contributed by atoms with van der Waals surface area (Å²) in [5, 5.41) is 0. The lowest BCUT2D eigenvalue weighted by molar-refractivity contribution is 0.631. The Bertz CT molecular complexity index is 537. The van der Waals surface area contributed by atoms with Crippen LogP contribution in [-0.2, 0) is 0 Å². The summed E-state index contributed by atoms with van der Waals surface area (Å²) in [5.74, 6) is -0.217. The van der Waals surface area contributed by atoms with Crippen molar-refractivity contribution in [2.75, 3.05) is 0 Å². The van der Waals surface area contributed by atoms with E-state index < -0.39 is 0 Å². The smallest absolute Gasteiger partial charge is 0.131 e. The van der Waals surface area contributed by atoms with Gasteiger partial charge in [0.1, 0.15) is 5.82 Å². The molecule has 0 fully saturated rings. The minimum absolute atomic E-state index is 0.0869. The fraction of sp³-hybridized carbons (Fsp3) is 0.143. The highest BCUT2D eigenvalue weighted by Crippen LogP contribution is 2.29. The lowest BCUT2D eigenvalue weighted by atomic mass is 10.00. The molecule has 0 radical (unpaired) electrons. The van der Waals surface area contributed by atoms with Crippen LogP contribution in [0, 0.1) is 5.82 Å². The van der Waals surface area contributed by atoms with Crippen molar-refractivity contribution in [3.05, 3.63) is 58.3 Å². The van der Waals surface area contributed by atoms with Crippen LogP contribution >= 0.6 is 15.9 Å². The Kier molecular flexibility index (Phi) is 3.60. The van der Waals surface area contributed by atoms with Crippen molar-refractivity contribution in [1.82, 2.24) is 0 Å². The number of halogens is 2. The van der Waals surface area contributed by atoms with Crippen LogP contribution in [0.15, 0.2) is 46.9 Å². The second-order valence-electron chi connectivity index (χ2n) is 4.00. The van der Waals surface area contributed by atoms with Gasteiger partial charge in [-0.3, -0.25) is 0 Å². The summed E-state index contributed by atoms with van der Waals surface area (Å²) in [4.78, 5) is 0. The largest absolute Gasteiger partial charge is 0.324 e. The normalized spacial score (nSPS) is 12.5. The molecule has 2 aromatic rings. The molecule has 2 rings (SSSR count). The molecule has 1 nitrogen and oxygen atoms in total. The predicted molar refractivity (Wildman–Crippen MR) is 72.1 cm³/mol. The fourth-order valence-electron chi connectivity index (χ4n) is 1.76. The second-order valence-corrected chi connectivity index (χ2v) is 4.86. The summed E-state index contributed by atoms with van der Waals surface area (Å²) in [6.45, 7) is 1.91. The first-order chi connectivity index (χ1) is 8.09. The third-order valence-electron chi connectivity index (χ3n) is 2.67. The maximum atomic E-state index is 13.7. The Hall–Kier alpha value is -1.19. The third kappa shape index (κ3) is 2.56. The van der Waals surface area contributed by atoms with E-state index in [4.69, 9.17) is 5.73 Å². The first-order valence-corrected chi connectivity index (χ1v) is 6.19. The van der Waals surface area contributed by atoms with Crippen LogP contribution in [0.4, 0.5) is 4.39 Å². The molecule has 0 aromatic heterocycles. The van der Waals surface area contributed by atoms with E-state index in [1.165, 1.54) is 6.07 Å². The van der Waals surface area contributed by atoms with E-state index in [2.05, 4.69) is 15.9 Å². The zero-order chi connectivity index (χ0) is 12.4. The van der Waals surface area contributed by atoms with E-state index in [1.54, 1.807) is 12.1 Å². The topological polar surface area (TPSA) is 26.0 Å². The molecule has 0 bridgehead atoms. The van der Waals surface area contributed by atoms with Gasteiger partial charge in [0.15, 0.2) is 0 Å². The highest BCUT2D eigenvalue weighted by molar-refractivity contribution is 9.10. The van der Waals surface area contributed by atoms with Crippen molar-refractivity contribution >= 4 is 15.9 Å². The van der Waals surface area contributed by atoms with E-state index in [0.717, 1.165) is 15.6 Å². The lowest BCUT2D eigenvalue weighted by Crippen LogP contribution is -2.05. The SMILES string of the molecule is CC(N)c1cc(-c2ccccc2F)ccc1Br. The van der Waals surface area contributed by atoms with Crippen molar-refractivity contribution < 1.29 is 4.39 Å². The van der Waals surface area contributed by atoms with E-state index in [0.29, 0.717) is 5.56 Å². The zero-order valence-corrected chi connectivity index (χ0v) is 11.0. The molecule has 0 heterocycles. The summed E-state index contributed by atoms with van der Waals surface area (Å²) in [5.41, 5.74) is 8.30. The average molecular weight is 294 g/mol. The highest BCUT2D eigenvalue weighted by atomic mass is 79.9. The molecule has 2 N–H and O–H groups in total. The van der Waals surface area contributed by atoms with Crippen LogP contribution in [0.2, 0.25) is 0 Å². The summed E-state index contributed by atoms with van der Waals surface area (Å²) in [6.07, 6.45) is 0. The van der Waals surface area contributed by atoms with Gasteiger partial charge in [-0.1, -0.05) is 40.2 Å². The summed E-state index contributed by atoms with van der Waals surface area (Å²) in [6, 6.07) is 12.4. The quantitative estimate of drug-likeness (QED) is 0.879. The van der Waals surface area contributed by atoms with Gasteiger partial charge in [-0.25, -0.2) is 4.39 Å². The third-order valence-corrected chi connectivity index (χ3v) is 3.39. The van der Waals surface area contributed by atoms with E-state index in [1.807, 2.05) is 31.2 Å². The molecule has 3 heteroatoms. The maximum absolute atomic E-state index is 13.7. The van der Waals surface area contributed by atoms with Gasteiger partial charge >= 0.3 is 0 Å². The van der Waals surface area contributed by atoms with E-state index in [9.17, 15) is 4.39 Å². The molecule has 17 heavy (non-hydrogen) atoms. The van der Waals surface area contributed by atoms with Gasteiger partial charge in [-0.2, -0.15) is 0 Å². The summed E-state index contributed by atoms with van der Waals surface area (Å²) >= 11 is 3.45. The van der Waals surface area contributed by atoms with Gasteiger partial charge < -0.3 is 5.73 Å². The van der Waals surface area contributed by atoms with Crippen molar-refractivity contribution in [3.63, 3.8) is 0 Å². The van der Waals surface area contributed by atoms with Crippen molar-refractivity contribution in [2.24, 2.45) is 5.73 Å². The summed E-state index contributed by atoms with van der Waals surface area (Å²) < 4.78 is 14.6. The van der Waals surface area contributed by atoms with Gasteiger partial charge in [0, 0.05) is 16.1 Å². The van der Waals surface area contributed by atoms with Crippen molar-refractivity contribution in [3.8, 4) is 11.1 Å². The standard InChI is InChI=1S/C14H13BrFN/c1-9(17)12-8-10(6-7-13(12)15)11-4-2-3-5-14(11)16/h2-9H,17H2,1H3. The molecule has 0 amide bonds. The first kappa shape index (κ1) is 12.3. The van der Waals surface area contributed by atoms with Crippen LogP contribution in [0.3, 0.4) is 0 Å². The molecule has 0 spiro atoms. The monoisotopic (exact) mass is 293 g/mol. The molecule has 0 saturated carbocycles. The van der Waals surface area contributed by atoms with Crippen LogP contribution in [-0.4, -0.2) is 0 Å². The van der Waals surface area contributed by atoms with Crippen LogP contribution in [0.25, 0.3) is 11.1 Å². The first-order valence-electron chi connectivity index (χ1n) is 5.39. The Labute approximate surface area is 109 Å². The van der Waals surface area contributed by atoms with Crippen LogP contribution < -0.4 is 5.73 Å². The fourth-order valence-corrected chi connectivity index (χ4v) is 2.36. The van der Waals surface area contributed by atoms with E-state index >= 15 is 0 Å². The van der Waals surface area contributed by atoms with E-state index in [-0.39, 0.29) is 11.9 Å². The molecule has 1 unspecified atom stereocenters. The molecule has 0 aliphatic carbocycles. The number of benzene rings is 2. The highest BCUT2D eigenvalue weighted by Gasteiger charge is 2.09. The Morgan fingerprint density at radius 2 is 1.88 bits per heavy atom. The van der Waals surface area contributed by atoms with Crippen LogP contribution in [0.1, 0.15) is 18.5 Å². The van der Waals surface area contributed by atoms with Gasteiger partial charge in [-0.05, 0) is 36.2 Å². The summed E-state index contributed by atoms with van der Waals surface area (Å²) in [7, 11) is 0. The minimum atomic E-state index is -0.217. The number of hydrogen-bond donors (Lipinski definition) is 1.